The molecule has 358 valence electrons. The lowest BCUT2D eigenvalue weighted by molar-refractivity contribution is 0.191. The van der Waals surface area contributed by atoms with Gasteiger partial charge in [0, 0.05) is 38.7 Å². The van der Waals surface area contributed by atoms with Crippen molar-refractivity contribution in [1.29, 1.82) is 0 Å². The molecule has 17 rings (SSSR count). The molecule has 2 heteroatoms. The molecule has 75 heavy (non-hydrogen) atoms. The first-order valence-electron chi connectivity index (χ1n) is 27.5. The maximum Gasteiger partial charge on any atom is 0.0547 e. The van der Waals surface area contributed by atoms with Gasteiger partial charge in [-0.15, -0.1) is 0 Å². The summed E-state index contributed by atoms with van der Waals surface area (Å²) in [6.07, 6.45) is 9.96. The smallest absolute Gasteiger partial charge is 0.0547 e. The first kappa shape index (κ1) is 43.0. The largest absolute Gasteiger partial charge is 0.309 e. The summed E-state index contributed by atoms with van der Waals surface area (Å²) in [4.78, 5) is 2.59. The minimum absolute atomic E-state index is 0.103. The zero-order chi connectivity index (χ0) is 49.2. The Kier molecular flexibility index (Phi) is 9.62. The van der Waals surface area contributed by atoms with E-state index < -0.39 is 0 Å². The normalized spacial score (nSPS) is 20.6. The van der Waals surface area contributed by atoms with E-state index in [9.17, 15) is 0 Å². The molecule has 0 amide bonds. The van der Waals surface area contributed by atoms with Crippen LogP contribution >= 0.6 is 0 Å². The second-order valence-electron chi connectivity index (χ2n) is 22.2. The molecule has 6 aliphatic carbocycles. The third-order valence-corrected chi connectivity index (χ3v) is 18.7. The molecule has 0 radical (unpaired) electrons. The number of benzene rings is 10. The second kappa shape index (κ2) is 16.8. The summed E-state index contributed by atoms with van der Waals surface area (Å²) in [5.41, 5.74) is 23.5. The predicted molar refractivity (Wildman–Crippen MR) is 312 cm³/mol. The molecule has 0 aliphatic heterocycles. The Morgan fingerprint density at radius 2 is 1.08 bits per heavy atom. The second-order valence-corrected chi connectivity index (χ2v) is 22.2. The fourth-order valence-electron chi connectivity index (χ4n) is 16.0. The lowest BCUT2D eigenvalue weighted by Crippen LogP contribution is -2.40. The van der Waals surface area contributed by atoms with Crippen LogP contribution in [0.2, 0.25) is 0 Å². The van der Waals surface area contributed by atoms with E-state index in [-0.39, 0.29) is 5.41 Å². The Morgan fingerprint density at radius 1 is 0.440 bits per heavy atom. The molecule has 4 saturated carbocycles. The number of hydrogen-bond acceptors (Lipinski definition) is 1. The monoisotopic (exact) mass is 960 g/mol. The van der Waals surface area contributed by atoms with E-state index in [1.165, 1.54) is 131 Å². The van der Waals surface area contributed by atoms with Crippen molar-refractivity contribution in [3.05, 3.63) is 264 Å². The van der Waals surface area contributed by atoms with Gasteiger partial charge in [0.25, 0.3) is 0 Å². The third kappa shape index (κ3) is 6.32. The highest BCUT2D eigenvalue weighted by atomic mass is 15.1. The van der Waals surface area contributed by atoms with E-state index in [0.717, 1.165) is 36.3 Å². The van der Waals surface area contributed by atoms with Crippen molar-refractivity contribution in [3.8, 4) is 50.2 Å². The predicted octanol–water partition coefficient (Wildman–Crippen LogP) is 17.4. The standard InChI is InChI=1S/C73H56N2/c1-3-18-48(19-4-1)57-28-15-20-50-21-16-30-62(71(50)57)61-26-9-13-33-68(61)74(55-39-36-49(37-40-55)58-29-17-35-70-72(58)63-27-10-14-34-69(63)75(70)54-22-5-2-6-23-54)67-32-12-8-24-56(67)51-38-41-60-59-25-7-11-31-64(59)73(66(60)46-51)53-43-47-42-52(45-53)65(73)44-47/h1-15,17-29,31-41,46-47,52-53,65H,16,30,42-45H2. The van der Waals surface area contributed by atoms with E-state index in [2.05, 4.69) is 252 Å². The Hall–Kier alpha value is -8.46. The summed E-state index contributed by atoms with van der Waals surface area (Å²) < 4.78 is 2.42. The van der Waals surface area contributed by atoms with Crippen LogP contribution in [0.5, 0.6) is 0 Å². The Bertz CT molecular complexity index is 4220. The highest BCUT2D eigenvalue weighted by Gasteiger charge is 2.66. The fraction of sp³-hybridized carbons (Fsp3) is 0.151. The van der Waals surface area contributed by atoms with Crippen LogP contribution in [0.3, 0.4) is 0 Å². The van der Waals surface area contributed by atoms with Gasteiger partial charge in [-0.25, -0.2) is 0 Å². The number of anilines is 3. The van der Waals surface area contributed by atoms with Gasteiger partial charge >= 0.3 is 0 Å². The number of hydrogen-bond donors (Lipinski definition) is 0. The number of aromatic nitrogens is 1. The van der Waals surface area contributed by atoms with Crippen molar-refractivity contribution >= 4 is 50.5 Å². The summed E-state index contributed by atoms with van der Waals surface area (Å²) in [5.74, 6) is 3.19. The fourth-order valence-corrected chi connectivity index (χ4v) is 16.0. The summed E-state index contributed by atoms with van der Waals surface area (Å²) in [6.45, 7) is 0. The maximum atomic E-state index is 2.66. The van der Waals surface area contributed by atoms with Crippen LogP contribution in [0.1, 0.15) is 55.2 Å². The van der Waals surface area contributed by atoms with Gasteiger partial charge in [-0.1, -0.05) is 188 Å². The van der Waals surface area contributed by atoms with Crippen LogP contribution in [0.4, 0.5) is 17.1 Å². The maximum absolute atomic E-state index is 2.66. The van der Waals surface area contributed by atoms with Gasteiger partial charge < -0.3 is 9.47 Å². The lowest BCUT2D eigenvalue weighted by Gasteiger charge is -2.44. The lowest BCUT2D eigenvalue weighted by atomic mass is 9.59. The van der Waals surface area contributed by atoms with Gasteiger partial charge in [0.1, 0.15) is 0 Å². The molecular formula is C73H56N2. The molecule has 11 aromatic rings. The van der Waals surface area contributed by atoms with Crippen LogP contribution < -0.4 is 15.3 Å². The highest BCUT2D eigenvalue weighted by Crippen LogP contribution is 2.73. The van der Waals surface area contributed by atoms with Crippen LogP contribution in [-0.2, 0) is 5.41 Å². The molecule has 1 spiro atoms. The van der Waals surface area contributed by atoms with Gasteiger partial charge in [-0.05, 0) is 183 Å². The van der Waals surface area contributed by atoms with E-state index >= 15 is 0 Å². The third-order valence-electron chi connectivity index (χ3n) is 18.7. The molecule has 1 heterocycles. The summed E-state index contributed by atoms with van der Waals surface area (Å²) in [7, 11) is 0. The number of para-hydroxylation sites is 4. The number of nitrogens with zero attached hydrogens (tertiary/aromatic N) is 2. The molecule has 2 nitrogen and oxygen atoms in total. The average Bonchev–Trinajstić information content (AvgIpc) is 4.33. The minimum atomic E-state index is 0.103. The Labute approximate surface area is 439 Å². The molecular weight excluding hydrogens is 905 g/mol. The zero-order valence-electron chi connectivity index (χ0n) is 42.0. The number of rotatable bonds is 8. The minimum Gasteiger partial charge on any atom is -0.309 e. The van der Waals surface area contributed by atoms with Crippen LogP contribution in [0.25, 0.3) is 83.6 Å². The van der Waals surface area contributed by atoms with Gasteiger partial charge in [0.05, 0.1) is 22.4 Å². The molecule has 10 aromatic carbocycles. The Morgan fingerprint density at radius 3 is 1.92 bits per heavy atom. The van der Waals surface area contributed by atoms with Crippen molar-refractivity contribution in [3.63, 3.8) is 0 Å². The first-order valence-corrected chi connectivity index (χ1v) is 27.5. The number of fused-ring (bicyclic) bond motifs is 7. The van der Waals surface area contributed by atoms with Crippen molar-refractivity contribution in [2.75, 3.05) is 4.90 Å². The average molecular weight is 961 g/mol. The molecule has 0 N–H and O–H groups in total. The van der Waals surface area contributed by atoms with Crippen molar-refractivity contribution in [2.24, 2.45) is 23.7 Å². The molecule has 6 aliphatic rings. The van der Waals surface area contributed by atoms with E-state index in [1.54, 1.807) is 11.1 Å². The molecule has 4 fully saturated rings. The van der Waals surface area contributed by atoms with Crippen LogP contribution in [0.15, 0.2) is 237 Å². The van der Waals surface area contributed by atoms with Gasteiger partial charge in [0.2, 0.25) is 0 Å². The highest BCUT2D eigenvalue weighted by molar-refractivity contribution is 6.16. The topological polar surface area (TPSA) is 8.17 Å². The van der Waals surface area contributed by atoms with Crippen LogP contribution in [-0.4, -0.2) is 4.57 Å². The molecule has 4 bridgehead atoms. The van der Waals surface area contributed by atoms with E-state index in [1.807, 2.05) is 0 Å². The van der Waals surface area contributed by atoms with Gasteiger partial charge in [-0.2, -0.15) is 0 Å². The van der Waals surface area contributed by atoms with Gasteiger partial charge in [-0.3, -0.25) is 0 Å². The summed E-state index contributed by atoms with van der Waals surface area (Å²) in [5, 5.41) is 5.19. The SMILES string of the molecule is C1=c2cccc(-c3ccccc3)c2=C(c2ccccc2N(c2ccc(-c3cccc4c3c3ccccc3n4-c3ccccc3)cc2)c2ccccc2-c2ccc3c(c2)C2(c4ccccc4-3)C3CC4CC(C3)C2C4)CC1. The molecule has 5 atom stereocenters. The molecule has 0 saturated heterocycles. The van der Waals surface area contributed by atoms with Crippen molar-refractivity contribution < 1.29 is 0 Å². The Balaban J connectivity index is 0.906. The first-order chi connectivity index (χ1) is 37.2. The van der Waals surface area contributed by atoms with Gasteiger partial charge in [0.15, 0.2) is 0 Å². The molecule has 1 aromatic heterocycles. The van der Waals surface area contributed by atoms with E-state index in [4.69, 9.17) is 0 Å². The summed E-state index contributed by atoms with van der Waals surface area (Å²) >= 11 is 0. The van der Waals surface area contributed by atoms with E-state index in [0.29, 0.717) is 5.92 Å². The van der Waals surface area contributed by atoms with Crippen molar-refractivity contribution in [2.45, 2.75) is 43.9 Å². The van der Waals surface area contributed by atoms with Crippen LogP contribution in [0, 0.1) is 23.7 Å². The quantitative estimate of drug-likeness (QED) is 0.147. The van der Waals surface area contributed by atoms with Crippen molar-refractivity contribution in [1.82, 2.24) is 4.57 Å². The zero-order valence-corrected chi connectivity index (χ0v) is 42.0. The molecule has 5 unspecified atom stereocenters. The summed E-state index contributed by atoms with van der Waals surface area (Å²) in [6, 6.07) is 89.4.